The van der Waals surface area contributed by atoms with Crippen molar-refractivity contribution in [2.45, 2.75) is 26.4 Å². The standard InChI is InChI=1S/C14H20N2O/c1-2-8-17-9-7-16-6-5-13-4-3-12(11-15)10-14(13)16/h3-6,10H,2,7-9,11,15H2,1H3. The molecule has 0 atom stereocenters. The summed E-state index contributed by atoms with van der Waals surface area (Å²) in [5.74, 6) is 0. The first-order chi connectivity index (χ1) is 8.35. The Morgan fingerprint density at radius 1 is 1.24 bits per heavy atom. The van der Waals surface area contributed by atoms with E-state index in [1.807, 2.05) is 0 Å². The molecule has 2 N–H and O–H groups in total. The zero-order valence-electron chi connectivity index (χ0n) is 10.4. The summed E-state index contributed by atoms with van der Waals surface area (Å²) in [6, 6.07) is 8.51. The molecule has 0 saturated carbocycles. The van der Waals surface area contributed by atoms with Gasteiger partial charge in [0.25, 0.3) is 0 Å². The number of fused-ring (bicyclic) bond motifs is 1. The fourth-order valence-electron chi connectivity index (χ4n) is 1.96. The Kier molecular flexibility index (Phi) is 4.18. The Hall–Kier alpha value is -1.32. The van der Waals surface area contributed by atoms with Crippen molar-refractivity contribution < 1.29 is 4.74 Å². The quantitative estimate of drug-likeness (QED) is 0.777. The van der Waals surface area contributed by atoms with E-state index < -0.39 is 0 Å². The van der Waals surface area contributed by atoms with Gasteiger partial charge < -0.3 is 15.0 Å². The fourth-order valence-corrected chi connectivity index (χ4v) is 1.96. The van der Waals surface area contributed by atoms with Gasteiger partial charge in [-0.15, -0.1) is 0 Å². The summed E-state index contributed by atoms with van der Waals surface area (Å²) in [5, 5.41) is 1.26. The van der Waals surface area contributed by atoms with E-state index in [0.717, 1.165) is 26.2 Å². The highest BCUT2D eigenvalue weighted by Crippen LogP contribution is 2.17. The van der Waals surface area contributed by atoms with E-state index in [9.17, 15) is 0 Å². The lowest BCUT2D eigenvalue weighted by molar-refractivity contribution is 0.127. The second kappa shape index (κ2) is 5.84. The van der Waals surface area contributed by atoms with Crippen molar-refractivity contribution >= 4 is 10.9 Å². The van der Waals surface area contributed by atoms with Crippen LogP contribution < -0.4 is 5.73 Å². The Morgan fingerprint density at radius 2 is 2.12 bits per heavy atom. The predicted octanol–water partition coefficient (Wildman–Crippen LogP) is 2.53. The van der Waals surface area contributed by atoms with E-state index in [4.69, 9.17) is 10.5 Å². The van der Waals surface area contributed by atoms with E-state index in [2.05, 4.69) is 42.0 Å². The van der Waals surface area contributed by atoms with Gasteiger partial charge in [0.05, 0.1) is 6.61 Å². The van der Waals surface area contributed by atoms with E-state index >= 15 is 0 Å². The summed E-state index contributed by atoms with van der Waals surface area (Å²) < 4.78 is 7.74. The first kappa shape index (κ1) is 12.1. The lowest BCUT2D eigenvalue weighted by Crippen LogP contribution is -2.05. The lowest BCUT2D eigenvalue weighted by Gasteiger charge is -2.07. The van der Waals surface area contributed by atoms with Gasteiger partial charge in [-0.05, 0) is 29.5 Å². The van der Waals surface area contributed by atoms with Crippen LogP contribution in [0.4, 0.5) is 0 Å². The molecule has 0 unspecified atom stereocenters. The van der Waals surface area contributed by atoms with Crippen molar-refractivity contribution in [2.75, 3.05) is 13.2 Å². The second-order valence-corrected chi connectivity index (χ2v) is 4.22. The number of nitrogens with zero attached hydrogens (tertiary/aromatic N) is 1. The van der Waals surface area contributed by atoms with Crippen molar-refractivity contribution in [1.29, 1.82) is 0 Å². The predicted molar refractivity (Wildman–Crippen MR) is 70.9 cm³/mol. The minimum Gasteiger partial charge on any atom is -0.380 e. The monoisotopic (exact) mass is 232 g/mol. The average Bonchev–Trinajstić information content (AvgIpc) is 2.77. The maximum absolute atomic E-state index is 5.67. The molecule has 3 nitrogen and oxygen atoms in total. The van der Waals surface area contributed by atoms with Crippen LogP contribution in [0.1, 0.15) is 18.9 Å². The molecule has 0 aliphatic rings. The molecule has 1 heterocycles. The van der Waals surface area contributed by atoms with E-state index in [1.165, 1.54) is 16.5 Å². The summed E-state index contributed by atoms with van der Waals surface area (Å²) in [6.07, 6.45) is 3.18. The van der Waals surface area contributed by atoms with Gasteiger partial charge in [-0.2, -0.15) is 0 Å². The molecule has 2 aromatic rings. The highest BCUT2D eigenvalue weighted by Gasteiger charge is 2.01. The van der Waals surface area contributed by atoms with E-state index in [-0.39, 0.29) is 0 Å². The van der Waals surface area contributed by atoms with Crippen LogP contribution >= 0.6 is 0 Å². The third-order valence-corrected chi connectivity index (χ3v) is 2.90. The summed E-state index contributed by atoms with van der Waals surface area (Å²) in [5.41, 5.74) is 8.08. The van der Waals surface area contributed by atoms with Crippen molar-refractivity contribution in [3.05, 3.63) is 36.0 Å². The minimum atomic E-state index is 0.591. The summed E-state index contributed by atoms with van der Waals surface area (Å²) in [4.78, 5) is 0. The van der Waals surface area contributed by atoms with Gasteiger partial charge in [0.15, 0.2) is 0 Å². The zero-order valence-corrected chi connectivity index (χ0v) is 10.4. The van der Waals surface area contributed by atoms with Crippen molar-refractivity contribution in [3.63, 3.8) is 0 Å². The summed E-state index contributed by atoms with van der Waals surface area (Å²) in [6.45, 7) is 5.22. The van der Waals surface area contributed by atoms with Gasteiger partial charge >= 0.3 is 0 Å². The maximum atomic E-state index is 5.67. The highest BCUT2D eigenvalue weighted by molar-refractivity contribution is 5.80. The van der Waals surface area contributed by atoms with Crippen LogP contribution in [0.3, 0.4) is 0 Å². The molecule has 1 aromatic heterocycles. The molecule has 3 heteroatoms. The molecule has 2 rings (SSSR count). The molecule has 17 heavy (non-hydrogen) atoms. The molecule has 0 fully saturated rings. The summed E-state index contributed by atoms with van der Waals surface area (Å²) >= 11 is 0. The molecule has 0 aliphatic heterocycles. The number of hydrogen-bond donors (Lipinski definition) is 1. The molecule has 0 bridgehead atoms. The average molecular weight is 232 g/mol. The van der Waals surface area contributed by atoms with Crippen molar-refractivity contribution in [3.8, 4) is 0 Å². The molecule has 92 valence electrons. The first-order valence-corrected chi connectivity index (χ1v) is 6.20. The van der Waals surface area contributed by atoms with Crippen molar-refractivity contribution in [1.82, 2.24) is 4.57 Å². The third-order valence-electron chi connectivity index (χ3n) is 2.90. The van der Waals surface area contributed by atoms with Crippen LogP contribution in [0.15, 0.2) is 30.5 Å². The minimum absolute atomic E-state index is 0.591. The van der Waals surface area contributed by atoms with Crippen LogP contribution in [0.2, 0.25) is 0 Å². The topological polar surface area (TPSA) is 40.2 Å². The normalized spacial score (nSPS) is 11.2. The number of nitrogens with two attached hydrogens (primary N) is 1. The largest absolute Gasteiger partial charge is 0.380 e. The van der Waals surface area contributed by atoms with Gasteiger partial charge in [-0.3, -0.25) is 0 Å². The number of ether oxygens (including phenoxy) is 1. The van der Waals surface area contributed by atoms with Gasteiger partial charge in [-0.25, -0.2) is 0 Å². The Labute approximate surface area is 102 Å². The second-order valence-electron chi connectivity index (χ2n) is 4.22. The molecule has 0 saturated heterocycles. The molecular formula is C14H20N2O. The van der Waals surface area contributed by atoms with Crippen LogP contribution in [0, 0.1) is 0 Å². The van der Waals surface area contributed by atoms with E-state index in [0.29, 0.717) is 6.54 Å². The lowest BCUT2D eigenvalue weighted by atomic mass is 10.1. The first-order valence-electron chi connectivity index (χ1n) is 6.20. The number of rotatable bonds is 6. The van der Waals surface area contributed by atoms with Crippen LogP contribution in [0.25, 0.3) is 10.9 Å². The van der Waals surface area contributed by atoms with Crippen LogP contribution in [0.5, 0.6) is 0 Å². The molecule has 0 amide bonds. The van der Waals surface area contributed by atoms with E-state index in [1.54, 1.807) is 0 Å². The molecule has 0 aliphatic carbocycles. The maximum Gasteiger partial charge on any atom is 0.0645 e. The van der Waals surface area contributed by atoms with Crippen LogP contribution in [-0.2, 0) is 17.8 Å². The smallest absolute Gasteiger partial charge is 0.0645 e. The Bertz CT molecular complexity index is 476. The number of benzene rings is 1. The SMILES string of the molecule is CCCOCCn1ccc2ccc(CN)cc21. The summed E-state index contributed by atoms with van der Waals surface area (Å²) in [7, 11) is 0. The van der Waals surface area contributed by atoms with Crippen molar-refractivity contribution in [2.24, 2.45) is 5.73 Å². The van der Waals surface area contributed by atoms with Gasteiger partial charge in [0.1, 0.15) is 0 Å². The number of aromatic nitrogens is 1. The molecule has 1 aromatic carbocycles. The highest BCUT2D eigenvalue weighted by atomic mass is 16.5. The number of hydrogen-bond acceptors (Lipinski definition) is 2. The molecule has 0 radical (unpaired) electrons. The molecular weight excluding hydrogens is 212 g/mol. The third kappa shape index (κ3) is 2.87. The Morgan fingerprint density at radius 3 is 2.88 bits per heavy atom. The Balaban J connectivity index is 2.11. The van der Waals surface area contributed by atoms with Gasteiger partial charge in [-0.1, -0.05) is 19.1 Å². The van der Waals surface area contributed by atoms with Crippen LogP contribution in [-0.4, -0.2) is 17.8 Å². The fraction of sp³-hybridized carbons (Fsp3) is 0.429. The zero-order chi connectivity index (χ0) is 12.1. The molecule has 0 spiro atoms. The van der Waals surface area contributed by atoms with Gasteiger partial charge in [0.2, 0.25) is 0 Å². The van der Waals surface area contributed by atoms with Gasteiger partial charge in [0, 0.05) is 31.4 Å².